The summed E-state index contributed by atoms with van der Waals surface area (Å²) < 4.78 is 43.8. The molecule has 9 heteroatoms. The van der Waals surface area contributed by atoms with E-state index in [0.29, 0.717) is 5.75 Å². The number of amides is 2. The predicted octanol–water partition coefficient (Wildman–Crippen LogP) is 4.48. The first-order chi connectivity index (χ1) is 13.6. The maximum Gasteiger partial charge on any atom is 0.417 e. The highest BCUT2D eigenvalue weighted by Gasteiger charge is 2.33. The Morgan fingerprint density at radius 2 is 1.93 bits per heavy atom. The lowest BCUT2D eigenvalue weighted by Gasteiger charge is -2.16. The van der Waals surface area contributed by atoms with E-state index >= 15 is 0 Å². The van der Waals surface area contributed by atoms with Gasteiger partial charge in [0.05, 0.1) is 24.2 Å². The molecule has 0 heterocycles. The Morgan fingerprint density at radius 3 is 2.59 bits per heavy atom. The van der Waals surface area contributed by atoms with Gasteiger partial charge in [0.2, 0.25) is 11.8 Å². The molecule has 29 heavy (non-hydrogen) atoms. The molecule has 0 aliphatic carbocycles. The van der Waals surface area contributed by atoms with Gasteiger partial charge in [-0.25, -0.2) is 0 Å². The number of carbonyl (C=O) groups is 2. The van der Waals surface area contributed by atoms with E-state index in [4.69, 9.17) is 16.3 Å². The summed E-state index contributed by atoms with van der Waals surface area (Å²) >= 11 is 5.55. The van der Waals surface area contributed by atoms with Crippen molar-refractivity contribution < 1.29 is 27.5 Å². The molecule has 2 rings (SSSR count). The van der Waals surface area contributed by atoms with Crippen LogP contribution in [0.3, 0.4) is 0 Å². The molecule has 0 aliphatic heterocycles. The van der Waals surface area contributed by atoms with Crippen LogP contribution in [0.4, 0.5) is 18.9 Å². The molecule has 0 saturated carbocycles. The summed E-state index contributed by atoms with van der Waals surface area (Å²) in [6.07, 6.45) is -1.80. The SMILES string of the molecule is COc1cccc(/C=C/C(=O)N(C)CC(=O)Nc2ccc(Cl)c(C(F)(F)F)c2)c1. The van der Waals surface area contributed by atoms with Crippen molar-refractivity contribution in [2.45, 2.75) is 6.18 Å². The second-order valence-corrected chi connectivity index (χ2v) is 6.45. The minimum atomic E-state index is -4.64. The van der Waals surface area contributed by atoms with Crippen LogP contribution >= 0.6 is 11.6 Å². The number of hydrogen-bond acceptors (Lipinski definition) is 3. The van der Waals surface area contributed by atoms with Gasteiger partial charge in [0.1, 0.15) is 5.75 Å². The minimum Gasteiger partial charge on any atom is -0.497 e. The summed E-state index contributed by atoms with van der Waals surface area (Å²) in [5.74, 6) is -0.463. The third-order valence-corrected chi connectivity index (χ3v) is 4.15. The topological polar surface area (TPSA) is 58.6 Å². The number of nitrogens with one attached hydrogen (secondary N) is 1. The normalized spacial score (nSPS) is 11.4. The Kier molecular flexibility index (Phi) is 7.28. The van der Waals surface area contributed by atoms with E-state index in [1.54, 1.807) is 30.3 Å². The van der Waals surface area contributed by atoms with Crippen molar-refractivity contribution >= 4 is 35.2 Å². The van der Waals surface area contributed by atoms with Crippen molar-refractivity contribution in [2.24, 2.45) is 0 Å². The third-order valence-electron chi connectivity index (χ3n) is 3.82. The predicted molar refractivity (Wildman–Crippen MR) is 105 cm³/mol. The number of anilines is 1. The number of nitrogens with zero attached hydrogens (tertiary/aromatic N) is 1. The van der Waals surface area contributed by atoms with Crippen LogP contribution in [0.1, 0.15) is 11.1 Å². The molecule has 2 amide bonds. The Bertz CT molecular complexity index is 929. The van der Waals surface area contributed by atoms with Crippen LogP contribution < -0.4 is 10.1 Å². The molecule has 0 aromatic heterocycles. The molecule has 0 aliphatic rings. The fourth-order valence-corrected chi connectivity index (χ4v) is 2.58. The molecule has 0 radical (unpaired) electrons. The van der Waals surface area contributed by atoms with Crippen molar-refractivity contribution in [1.82, 2.24) is 4.90 Å². The van der Waals surface area contributed by atoms with Crippen LogP contribution in [-0.2, 0) is 15.8 Å². The Morgan fingerprint density at radius 1 is 1.21 bits per heavy atom. The van der Waals surface area contributed by atoms with Crippen LogP contribution in [0.2, 0.25) is 5.02 Å². The average Bonchev–Trinajstić information content (AvgIpc) is 2.66. The van der Waals surface area contributed by atoms with Gasteiger partial charge in [0.25, 0.3) is 0 Å². The largest absolute Gasteiger partial charge is 0.497 e. The highest BCUT2D eigenvalue weighted by molar-refractivity contribution is 6.31. The van der Waals surface area contributed by atoms with Crippen molar-refractivity contribution in [2.75, 3.05) is 26.0 Å². The lowest BCUT2D eigenvalue weighted by atomic mass is 10.2. The highest BCUT2D eigenvalue weighted by Crippen LogP contribution is 2.36. The van der Waals surface area contributed by atoms with Crippen molar-refractivity contribution in [3.05, 3.63) is 64.7 Å². The molecular formula is C20H18ClF3N2O3. The zero-order chi connectivity index (χ0) is 21.6. The van der Waals surface area contributed by atoms with Gasteiger partial charge in [-0.15, -0.1) is 0 Å². The number of likely N-dealkylation sites (N-methyl/N-ethyl adjacent to an activating group) is 1. The van der Waals surface area contributed by atoms with Gasteiger partial charge in [-0.3, -0.25) is 9.59 Å². The minimum absolute atomic E-state index is 0.0699. The molecule has 2 aromatic rings. The number of methoxy groups -OCH3 is 1. The van der Waals surface area contributed by atoms with Crippen molar-refractivity contribution in [3.63, 3.8) is 0 Å². The van der Waals surface area contributed by atoms with Crippen molar-refractivity contribution in [3.8, 4) is 5.75 Å². The maximum absolute atomic E-state index is 12.9. The second-order valence-electron chi connectivity index (χ2n) is 6.04. The first-order valence-corrected chi connectivity index (χ1v) is 8.72. The number of hydrogen-bond donors (Lipinski definition) is 1. The van der Waals surface area contributed by atoms with Crippen LogP contribution in [0.5, 0.6) is 5.75 Å². The van der Waals surface area contributed by atoms with Gasteiger partial charge in [0, 0.05) is 18.8 Å². The zero-order valence-corrected chi connectivity index (χ0v) is 16.3. The molecular weight excluding hydrogens is 409 g/mol. The van der Waals surface area contributed by atoms with E-state index in [0.717, 1.165) is 22.6 Å². The van der Waals surface area contributed by atoms with Gasteiger partial charge in [-0.2, -0.15) is 13.2 Å². The van der Waals surface area contributed by atoms with Crippen molar-refractivity contribution in [1.29, 1.82) is 0 Å². The number of alkyl halides is 3. The first kappa shape index (κ1) is 22.3. The molecule has 2 aromatic carbocycles. The fraction of sp³-hybridized carbons (Fsp3) is 0.200. The molecule has 0 atom stereocenters. The van der Waals surface area contributed by atoms with Crippen LogP contribution in [0.15, 0.2) is 48.5 Å². The zero-order valence-electron chi connectivity index (χ0n) is 15.6. The van der Waals surface area contributed by atoms with Crippen LogP contribution in [0, 0.1) is 0 Å². The summed E-state index contributed by atoms with van der Waals surface area (Å²) in [5.41, 5.74) is -0.390. The molecule has 0 spiro atoms. The quantitative estimate of drug-likeness (QED) is 0.693. The van der Waals surface area contributed by atoms with E-state index in [1.807, 2.05) is 0 Å². The number of ether oxygens (including phenoxy) is 1. The van der Waals surface area contributed by atoms with Gasteiger partial charge in [-0.05, 0) is 42.0 Å². The van der Waals surface area contributed by atoms with Gasteiger partial charge in [0.15, 0.2) is 0 Å². The molecule has 154 valence electrons. The molecule has 0 unspecified atom stereocenters. The Balaban J connectivity index is 1.98. The average molecular weight is 427 g/mol. The lowest BCUT2D eigenvalue weighted by Crippen LogP contribution is -2.33. The smallest absolute Gasteiger partial charge is 0.417 e. The van der Waals surface area contributed by atoms with E-state index in [-0.39, 0.29) is 12.2 Å². The van der Waals surface area contributed by atoms with E-state index in [1.165, 1.54) is 26.3 Å². The molecule has 0 bridgehead atoms. The molecule has 0 saturated heterocycles. The second kappa shape index (κ2) is 9.47. The maximum atomic E-state index is 12.9. The van der Waals surface area contributed by atoms with Crippen LogP contribution in [-0.4, -0.2) is 37.4 Å². The number of carbonyl (C=O) groups excluding carboxylic acids is 2. The highest BCUT2D eigenvalue weighted by atomic mass is 35.5. The van der Waals surface area contributed by atoms with E-state index in [2.05, 4.69) is 5.32 Å². The van der Waals surface area contributed by atoms with Gasteiger partial charge >= 0.3 is 6.18 Å². The van der Waals surface area contributed by atoms with Gasteiger partial charge < -0.3 is 15.0 Å². The summed E-state index contributed by atoms with van der Waals surface area (Å²) in [6, 6.07) is 10.1. The standard InChI is InChI=1S/C20H18ClF3N2O3/c1-26(19(28)9-6-13-4-3-5-15(10-13)29-2)12-18(27)25-14-7-8-17(21)16(11-14)20(22,23)24/h3-11H,12H2,1-2H3,(H,25,27)/b9-6+. The Labute approximate surface area is 170 Å². The Hall–Kier alpha value is -3.00. The third kappa shape index (κ3) is 6.53. The molecule has 5 nitrogen and oxygen atoms in total. The van der Waals surface area contributed by atoms with E-state index < -0.39 is 28.6 Å². The molecule has 0 fully saturated rings. The lowest BCUT2D eigenvalue weighted by molar-refractivity contribution is -0.137. The first-order valence-electron chi connectivity index (χ1n) is 8.34. The molecule has 1 N–H and O–H groups in total. The number of halogens is 4. The fourth-order valence-electron chi connectivity index (χ4n) is 2.35. The summed E-state index contributed by atoms with van der Waals surface area (Å²) in [7, 11) is 2.93. The summed E-state index contributed by atoms with van der Waals surface area (Å²) in [5, 5.41) is 1.86. The summed E-state index contributed by atoms with van der Waals surface area (Å²) in [6.45, 7) is -0.342. The van der Waals surface area contributed by atoms with Crippen LogP contribution in [0.25, 0.3) is 6.08 Å². The monoisotopic (exact) mass is 426 g/mol. The summed E-state index contributed by atoms with van der Waals surface area (Å²) in [4.78, 5) is 25.4. The van der Waals surface area contributed by atoms with E-state index in [9.17, 15) is 22.8 Å². The number of rotatable bonds is 6. The van der Waals surface area contributed by atoms with Gasteiger partial charge in [-0.1, -0.05) is 23.7 Å². The number of benzene rings is 2.